The van der Waals surface area contributed by atoms with Crippen molar-refractivity contribution in [2.45, 2.75) is 378 Å². The maximum Gasteiger partial charge on any atom is 0.306 e. The lowest BCUT2D eigenvalue weighted by Crippen LogP contribution is -2.61. The molecule has 1 aliphatic rings. The molecule has 6 N–H and O–H groups in total. The van der Waals surface area contributed by atoms with Crippen LogP contribution < -0.4 is 5.32 Å². The van der Waals surface area contributed by atoms with E-state index in [4.69, 9.17) is 14.2 Å². The summed E-state index contributed by atoms with van der Waals surface area (Å²) in [5.41, 5.74) is 0. The molecule has 1 aliphatic heterocycles. The van der Waals surface area contributed by atoms with Crippen LogP contribution in [0.1, 0.15) is 329 Å². The van der Waals surface area contributed by atoms with E-state index in [0.717, 1.165) is 70.6 Å². The van der Waals surface area contributed by atoms with Crippen molar-refractivity contribution >= 4 is 11.9 Å². The molecule has 1 saturated heterocycles. The second-order valence-electron chi connectivity index (χ2n) is 24.3. The van der Waals surface area contributed by atoms with Crippen LogP contribution in [-0.2, 0) is 23.8 Å². The molecule has 0 saturated carbocycles. The molecule has 1 fully saturated rings. The summed E-state index contributed by atoms with van der Waals surface area (Å²) in [6, 6.07) is -1.02. The van der Waals surface area contributed by atoms with Crippen LogP contribution in [-0.4, -0.2) is 99.6 Å². The highest BCUT2D eigenvalue weighted by molar-refractivity contribution is 5.80. The minimum Gasteiger partial charge on any atom is -0.454 e. The van der Waals surface area contributed by atoms with Crippen LogP contribution in [0.5, 0.6) is 0 Å². The van der Waals surface area contributed by atoms with Gasteiger partial charge in [-0.05, 0) is 64.2 Å². The molecule has 1 amide bonds. The van der Waals surface area contributed by atoms with Crippen LogP contribution in [0, 0.1) is 0 Å². The molecular weight excluding hydrogens is 1030 g/mol. The van der Waals surface area contributed by atoms with Crippen molar-refractivity contribution in [1.29, 1.82) is 0 Å². The third-order valence-corrected chi connectivity index (χ3v) is 16.5. The van der Waals surface area contributed by atoms with Crippen molar-refractivity contribution in [3.05, 3.63) is 48.6 Å². The van der Waals surface area contributed by atoms with E-state index in [0.29, 0.717) is 19.3 Å². The smallest absolute Gasteiger partial charge is 0.306 e. The Bertz CT molecular complexity index is 1520. The van der Waals surface area contributed by atoms with Crippen molar-refractivity contribution in [3.63, 3.8) is 0 Å². The first-order chi connectivity index (χ1) is 40.2. The Morgan fingerprint density at radius 1 is 0.476 bits per heavy atom. The number of carbonyl (C=O) groups is 2. The van der Waals surface area contributed by atoms with Crippen LogP contribution >= 0.6 is 0 Å². The van der Waals surface area contributed by atoms with Crippen molar-refractivity contribution in [2.75, 3.05) is 13.2 Å². The third-order valence-electron chi connectivity index (χ3n) is 16.5. The van der Waals surface area contributed by atoms with Gasteiger partial charge in [0, 0.05) is 6.42 Å². The summed E-state index contributed by atoms with van der Waals surface area (Å²) in [6.45, 7) is 5.80. The number of esters is 1. The van der Waals surface area contributed by atoms with Gasteiger partial charge in [-0.15, -0.1) is 0 Å². The van der Waals surface area contributed by atoms with Gasteiger partial charge in [-0.2, -0.15) is 0 Å². The summed E-state index contributed by atoms with van der Waals surface area (Å²) >= 11 is 0. The number of nitrogens with one attached hydrogen (secondary N) is 1. The lowest BCUT2D eigenvalue weighted by molar-refractivity contribution is -0.305. The maximum absolute atomic E-state index is 13.5. The molecule has 1 rings (SSSR count). The first kappa shape index (κ1) is 77.6. The molecule has 82 heavy (non-hydrogen) atoms. The molecule has 1 heterocycles. The highest BCUT2D eigenvalue weighted by atomic mass is 16.7. The van der Waals surface area contributed by atoms with Crippen LogP contribution in [0.3, 0.4) is 0 Å². The summed E-state index contributed by atoms with van der Waals surface area (Å²) in [7, 11) is 0. The maximum atomic E-state index is 13.5. The number of carbonyl (C=O) groups excluding carboxylic acids is 2. The number of allylic oxidation sites excluding steroid dienone is 7. The minimum absolute atomic E-state index is 0.128. The van der Waals surface area contributed by atoms with E-state index >= 15 is 0 Å². The fraction of sp³-hybridized carbons (Fsp3) is 0.859. The third kappa shape index (κ3) is 45.9. The largest absolute Gasteiger partial charge is 0.454 e. The number of aliphatic hydroxyl groups is 5. The van der Waals surface area contributed by atoms with E-state index in [1.54, 1.807) is 6.08 Å². The molecule has 0 spiro atoms. The Balaban J connectivity index is 2.56. The zero-order valence-electron chi connectivity index (χ0n) is 53.4. The minimum atomic E-state index is -1.61. The Morgan fingerprint density at radius 3 is 1.28 bits per heavy atom. The van der Waals surface area contributed by atoms with E-state index in [1.807, 2.05) is 6.08 Å². The Labute approximate surface area is 504 Å². The lowest BCUT2D eigenvalue weighted by atomic mass is 9.99. The predicted molar refractivity (Wildman–Crippen MR) is 343 cm³/mol. The number of hydrogen-bond acceptors (Lipinski definition) is 10. The number of hydrogen-bond donors (Lipinski definition) is 6. The van der Waals surface area contributed by atoms with Crippen LogP contribution in [0.25, 0.3) is 0 Å². The van der Waals surface area contributed by atoms with Gasteiger partial charge in [0.25, 0.3) is 0 Å². The fourth-order valence-electron chi connectivity index (χ4n) is 11.0. The molecule has 0 radical (unpaired) electrons. The number of amides is 1. The highest BCUT2D eigenvalue weighted by Crippen LogP contribution is 2.26. The fourth-order valence-corrected chi connectivity index (χ4v) is 11.0. The first-order valence-electron chi connectivity index (χ1n) is 34.9. The average molecular weight is 1160 g/mol. The topological polar surface area (TPSA) is 175 Å². The van der Waals surface area contributed by atoms with Crippen molar-refractivity contribution in [3.8, 4) is 0 Å². The Kier molecular flexibility index (Phi) is 55.8. The second-order valence-corrected chi connectivity index (χ2v) is 24.3. The summed E-state index contributed by atoms with van der Waals surface area (Å²) in [5.74, 6) is -1.18. The van der Waals surface area contributed by atoms with Crippen molar-refractivity contribution < 1.29 is 49.3 Å². The predicted octanol–water partition coefficient (Wildman–Crippen LogP) is 17.6. The Morgan fingerprint density at radius 2 is 0.841 bits per heavy atom. The molecule has 11 nitrogen and oxygen atoms in total. The SMILES string of the molecule is CCCCC/C=C\C/C=C\C/C=C\CCCCCCCCCCCCCCCC(O)C(=O)NC(COC1OC(CO)C(O)C(O)C1OC(=O)CCCCCCCCCCCCCCCCC)C(O)/C=C/CCCCCCCCCCCC. The highest BCUT2D eigenvalue weighted by Gasteiger charge is 2.47. The molecule has 0 bridgehead atoms. The Hall–Kier alpha value is -2.38. The van der Waals surface area contributed by atoms with Crippen LogP contribution in [0.2, 0.25) is 0 Å². The first-order valence-corrected chi connectivity index (χ1v) is 34.9. The van der Waals surface area contributed by atoms with E-state index in [9.17, 15) is 35.1 Å². The van der Waals surface area contributed by atoms with Crippen molar-refractivity contribution in [1.82, 2.24) is 5.32 Å². The van der Waals surface area contributed by atoms with Gasteiger partial charge >= 0.3 is 5.97 Å². The molecule has 0 aromatic carbocycles. The molecule has 8 unspecified atom stereocenters. The van der Waals surface area contributed by atoms with E-state index in [-0.39, 0.29) is 13.0 Å². The zero-order chi connectivity index (χ0) is 59.6. The summed E-state index contributed by atoms with van der Waals surface area (Å²) in [6.07, 6.45) is 63.0. The summed E-state index contributed by atoms with van der Waals surface area (Å²) in [4.78, 5) is 26.6. The molecule has 0 aromatic heterocycles. The van der Waals surface area contributed by atoms with Gasteiger partial charge in [-0.3, -0.25) is 9.59 Å². The standard InChI is InChI=1S/C71H131NO10/c1-4-7-10-13-16-19-22-25-27-28-29-30-31-32-33-34-35-36-37-39-40-43-46-49-52-55-58-64(75)70(79)72-62(63(74)57-54-51-48-45-42-24-21-18-15-12-9-6-3)61-80-71-69(68(78)67(77)65(60-73)81-71)82-66(76)59-56-53-50-47-44-41-38-26-23-20-17-14-11-8-5-2/h16,19,25,27,29-30,54,57,62-65,67-69,71,73-75,77-78H,4-15,17-18,20-24,26,28,31-53,55-56,58-61H2,1-3H3,(H,72,79)/b19-16-,27-25-,30-29-,57-54+. The van der Waals surface area contributed by atoms with Crippen LogP contribution in [0.4, 0.5) is 0 Å². The molecule has 480 valence electrons. The van der Waals surface area contributed by atoms with Gasteiger partial charge in [0.15, 0.2) is 12.4 Å². The number of aliphatic hydroxyl groups excluding tert-OH is 5. The van der Waals surface area contributed by atoms with Gasteiger partial charge in [-0.1, -0.05) is 307 Å². The van der Waals surface area contributed by atoms with Crippen LogP contribution in [0.15, 0.2) is 48.6 Å². The van der Waals surface area contributed by atoms with Gasteiger partial charge in [0.05, 0.1) is 25.4 Å². The number of rotatable bonds is 60. The second kappa shape index (κ2) is 59.0. The number of ether oxygens (including phenoxy) is 3. The molecule has 11 heteroatoms. The average Bonchev–Trinajstić information content (AvgIpc) is 3.68. The zero-order valence-corrected chi connectivity index (χ0v) is 53.4. The molecule has 0 aromatic rings. The molecular formula is C71H131NO10. The normalized spacial score (nSPS) is 18.9. The number of unbranched alkanes of at least 4 members (excludes halogenated alkanes) is 40. The van der Waals surface area contributed by atoms with Gasteiger partial charge < -0.3 is 45.1 Å². The van der Waals surface area contributed by atoms with Gasteiger partial charge in [0.1, 0.15) is 24.4 Å². The monoisotopic (exact) mass is 1160 g/mol. The van der Waals surface area contributed by atoms with E-state index in [1.165, 1.54) is 212 Å². The van der Waals surface area contributed by atoms with E-state index < -0.39 is 67.4 Å². The van der Waals surface area contributed by atoms with E-state index in [2.05, 4.69) is 62.5 Å². The lowest BCUT2D eigenvalue weighted by Gasteiger charge is -2.41. The molecule has 8 atom stereocenters. The van der Waals surface area contributed by atoms with Gasteiger partial charge in [-0.25, -0.2) is 0 Å². The van der Waals surface area contributed by atoms with Gasteiger partial charge in [0.2, 0.25) is 5.91 Å². The summed E-state index contributed by atoms with van der Waals surface area (Å²) < 4.78 is 17.7. The summed E-state index contributed by atoms with van der Waals surface area (Å²) in [5, 5.41) is 57.2. The molecule has 0 aliphatic carbocycles. The van der Waals surface area contributed by atoms with Crippen molar-refractivity contribution in [2.24, 2.45) is 0 Å². The quantitative estimate of drug-likeness (QED) is 0.0195.